The van der Waals surface area contributed by atoms with E-state index in [4.69, 9.17) is 11.1 Å². The molecule has 0 spiro atoms. The van der Waals surface area contributed by atoms with Gasteiger partial charge in [0.15, 0.2) is 10.8 Å². The molecule has 1 amide bonds. The van der Waals surface area contributed by atoms with Gasteiger partial charge in [0.2, 0.25) is 0 Å². The van der Waals surface area contributed by atoms with Crippen molar-refractivity contribution < 1.29 is 13.2 Å². The molecule has 1 aromatic carbocycles. The lowest BCUT2D eigenvalue weighted by atomic mass is 10.1. The first-order chi connectivity index (χ1) is 19.2. The van der Waals surface area contributed by atoms with E-state index >= 15 is 0 Å². The van der Waals surface area contributed by atoms with E-state index in [-0.39, 0.29) is 31.4 Å². The number of aryl methyl sites for hydroxylation is 1. The number of hydrogen-bond donors (Lipinski definition) is 3. The molecule has 2 aliphatic heterocycles. The second kappa shape index (κ2) is 10.3. The van der Waals surface area contributed by atoms with Gasteiger partial charge in [-0.3, -0.25) is 10.2 Å². The van der Waals surface area contributed by atoms with Gasteiger partial charge in [-0.1, -0.05) is 17.3 Å². The van der Waals surface area contributed by atoms with E-state index in [1.807, 2.05) is 7.05 Å². The molecule has 210 valence electrons. The number of thiazole rings is 1. The number of nitrogens with two attached hydrogens (primary N) is 1. The van der Waals surface area contributed by atoms with Crippen LogP contribution in [0.5, 0.6) is 0 Å². The Kier molecular flexibility index (Phi) is 6.85. The molecule has 0 bridgehead atoms. The van der Waals surface area contributed by atoms with Crippen LogP contribution in [-0.2, 0) is 29.6 Å². The number of amidine groups is 1. The summed E-state index contributed by atoms with van der Waals surface area (Å²) in [4.78, 5) is 23.4. The molecule has 1 atom stereocenters. The zero-order valence-corrected chi connectivity index (χ0v) is 23.5. The van der Waals surface area contributed by atoms with Crippen LogP contribution in [0.4, 0.5) is 0 Å². The molecule has 14 nitrogen and oxygen atoms in total. The Hall–Kier alpha value is -3.73. The van der Waals surface area contributed by atoms with Gasteiger partial charge in [-0.15, -0.1) is 21.5 Å². The number of tetrazole rings is 1. The predicted molar refractivity (Wildman–Crippen MR) is 148 cm³/mol. The number of carbonyl (C=O) groups is 1. The molecule has 16 heteroatoms. The highest BCUT2D eigenvalue weighted by atomic mass is 32.2. The maximum Gasteiger partial charge on any atom is 0.307 e. The van der Waals surface area contributed by atoms with Gasteiger partial charge < -0.3 is 15.5 Å². The molecule has 0 saturated carbocycles. The van der Waals surface area contributed by atoms with Gasteiger partial charge in [0, 0.05) is 85.2 Å². The van der Waals surface area contributed by atoms with Crippen LogP contribution in [-0.4, -0.2) is 103 Å². The summed E-state index contributed by atoms with van der Waals surface area (Å²) in [6, 6.07) is 4.72. The molecule has 0 aliphatic carbocycles. The van der Waals surface area contributed by atoms with Gasteiger partial charge in [-0.05, 0) is 19.5 Å². The maximum atomic E-state index is 13.7. The lowest BCUT2D eigenvalue weighted by Gasteiger charge is -2.40. The minimum Gasteiger partial charge on any atom is -0.384 e. The first kappa shape index (κ1) is 26.5. The monoisotopic (exact) mass is 583 g/mol. The molecule has 0 radical (unpaired) electrons. The van der Waals surface area contributed by atoms with Crippen molar-refractivity contribution in [2.45, 2.75) is 31.8 Å². The van der Waals surface area contributed by atoms with Crippen LogP contribution in [0.1, 0.15) is 38.2 Å². The van der Waals surface area contributed by atoms with Crippen molar-refractivity contribution in [3.05, 3.63) is 57.6 Å². The number of likely N-dealkylation sites (N-methyl/N-ethyl adjacent to an activating group) is 1. The summed E-state index contributed by atoms with van der Waals surface area (Å²) in [7, 11) is -1.88. The van der Waals surface area contributed by atoms with Crippen LogP contribution >= 0.6 is 11.3 Å². The van der Waals surface area contributed by atoms with Gasteiger partial charge in [0.05, 0.1) is 5.69 Å². The highest BCUT2D eigenvalue weighted by Crippen LogP contribution is 2.28. The number of nitrogens with zero attached hydrogens (tertiary/aromatic N) is 8. The van der Waals surface area contributed by atoms with Crippen LogP contribution < -0.4 is 5.73 Å². The van der Waals surface area contributed by atoms with Crippen LogP contribution in [0.15, 0.2) is 30.6 Å². The predicted octanol–water partition coefficient (Wildman–Crippen LogP) is 0.435. The lowest BCUT2D eigenvalue weighted by Crippen LogP contribution is -2.57. The average molecular weight is 584 g/mol. The van der Waals surface area contributed by atoms with Crippen molar-refractivity contribution in [2.24, 2.45) is 5.73 Å². The number of amides is 1. The van der Waals surface area contributed by atoms with Crippen molar-refractivity contribution in [3.63, 3.8) is 0 Å². The standard InChI is InChI=1S/C24H29N11O3S2/c1-32-7-6-19-20(14-32)39-23(27-19)24(36)35-9-8-33(13-18(35)4-5-21-28-30-31-29-21)40(37,38)34-11-16-3-2-15(22(25)26)10-17(16)12-34/h2-3,10-12,18H,4-9,13-14H2,1H3,(H3,25,26)(H,28,29,30,31). The average Bonchev–Trinajstić information content (AvgIpc) is 3.70. The molecule has 1 unspecified atom stereocenters. The Balaban J connectivity index is 1.26. The van der Waals surface area contributed by atoms with E-state index in [1.165, 1.54) is 25.8 Å². The quantitative estimate of drug-likeness (QED) is 0.205. The third kappa shape index (κ3) is 4.98. The van der Waals surface area contributed by atoms with Crippen molar-refractivity contribution in [3.8, 4) is 0 Å². The smallest absolute Gasteiger partial charge is 0.307 e. The Morgan fingerprint density at radius 2 is 2.05 bits per heavy atom. The topological polar surface area (TPSA) is 183 Å². The summed E-state index contributed by atoms with van der Waals surface area (Å²) >= 11 is 1.42. The molecule has 5 heterocycles. The zero-order chi connectivity index (χ0) is 28.0. The Morgan fingerprint density at radius 3 is 2.83 bits per heavy atom. The third-order valence-electron chi connectivity index (χ3n) is 7.42. The Labute approximate surface area is 234 Å². The number of nitrogen functional groups attached to an aromatic ring is 1. The maximum absolute atomic E-state index is 13.7. The number of aromatic nitrogens is 6. The number of carbonyl (C=O) groups excluding carboxylic acids is 1. The van der Waals surface area contributed by atoms with E-state index in [1.54, 1.807) is 29.3 Å². The molecular formula is C24H29N11O3S2. The number of aromatic amines is 1. The van der Waals surface area contributed by atoms with E-state index < -0.39 is 16.3 Å². The minimum absolute atomic E-state index is 0.0872. The summed E-state index contributed by atoms with van der Waals surface area (Å²) in [6.45, 7) is 2.17. The van der Waals surface area contributed by atoms with E-state index in [0.717, 1.165) is 35.5 Å². The fourth-order valence-corrected chi connectivity index (χ4v) is 7.80. The summed E-state index contributed by atoms with van der Waals surface area (Å²) in [5.74, 6) is 0.231. The number of rotatable bonds is 7. The first-order valence-electron chi connectivity index (χ1n) is 12.9. The summed E-state index contributed by atoms with van der Waals surface area (Å²) in [6.07, 6.45) is 4.78. The van der Waals surface area contributed by atoms with Gasteiger partial charge >= 0.3 is 10.2 Å². The normalized spacial score (nSPS) is 18.7. The van der Waals surface area contributed by atoms with Gasteiger partial charge in [0.1, 0.15) is 5.84 Å². The largest absolute Gasteiger partial charge is 0.384 e. The fraction of sp³-hybridized carbons (Fsp3) is 0.417. The minimum atomic E-state index is -3.93. The van der Waals surface area contributed by atoms with Crippen LogP contribution in [0.2, 0.25) is 0 Å². The number of piperazine rings is 1. The molecule has 40 heavy (non-hydrogen) atoms. The number of fused-ring (bicyclic) bond motifs is 2. The molecule has 4 N–H and O–H groups in total. The number of nitrogens with one attached hydrogen (secondary N) is 2. The summed E-state index contributed by atoms with van der Waals surface area (Å²) < 4.78 is 30.1. The highest BCUT2D eigenvalue weighted by molar-refractivity contribution is 7.87. The van der Waals surface area contributed by atoms with Crippen molar-refractivity contribution in [1.29, 1.82) is 5.41 Å². The van der Waals surface area contributed by atoms with E-state index in [9.17, 15) is 13.2 Å². The molecule has 1 saturated heterocycles. The molecule has 2 aliphatic rings. The second-order valence-electron chi connectivity index (χ2n) is 10.1. The Morgan fingerprint density at radius 1 is 1.23 bits per heavy atom. The number of hydrogen-bond acceptors (Lipinski definition) is 10. The third-order valence-corrected chi connectivity index (χ3v) is 10.2. The van der Waals surface area contributed by atoms with Gasteiger partial charge in [0.25, 0.3) is 5.91 Å². The van der Waals surface area contributed by atoms with E-state index in [0.29, 0.717) is 34.6 Å². The van der Waals surface area contributed by atoms with Crippen molar-refractivity contribution >= 4 is 44.1 Å². The molecule has 3 aromatic heterocycles. The highest BCUT2D eigenvalue weighted by Gasteiger charge is 2.38. The second-order valence-corrected chi connectivity index (χ2v) is 13.0. The summed E-state index contributed by atoms with van der Waals surface area (Å²) in [5, 5.41) is 23.6. The number of H-pyrrole nitrogens is 1. The van der Waals surface area contributed by atoms with Gasteiger partial charge in [-0.25, -0.2) is 8.96 Å². The van der Waals surface area contributed by atoms with Crippen LogP contribution in [0, 0.1) is 5.41 Å². The van der Waals surface area contributed by atoms with Crippen molar-refractivity contribution in [1.82, 2.24) is 43.7 Å². The molecule has 1 fully saturated rings. The molecule has 6 rings (SSSR count). The first-order valence-corrected chi connectivity index (χ1v) is 15.1. The molecular weight excluding hydrogens is 554 g/mol. The SMILES string of the molecule is CN1CCc2nc(C(=O)N3CCN(S(=O)(=O)n4cc5ccc(C(=N)N)cc5c4)CC3CCc3nn[nH]n3)sc2C1. The van der Waals surface area contributed by atoms with Crippen molar-refractivity contribution in [2.75, 3.05) is 33.2 Å². The van der Waals surface area contributed by atoms with Crippen LogP contribution in [0.3, 0.4) is 0 Å². The fourth-order valence-electron chi connectivity index (χ4n) is 5.22. The number of benzene rings is 1. The Bertz CT molecular complexity index is 1680. The summed E-state index contributed by atoms with van der Waals surface area (Å²) in [5.41, 5.74) is 7.10. The van der Waals surface area contributed by atoms with Crippen LogP contribution in [0.25, 0.3) is 10.8 Å². The lowest BCUT2D eigenvalue weighted by molar-refractivity contribution is 0.0549. The molecule has 4 aromatic rings. The van der Waals surface area contributed by atoms with E-state index in [2.05, 4.69) is 30.5 Å². The van der Waals surface area contributed by atoms with Gasteiger partial charge in [-0.2, -0.15) is 17.9 Å². The zero-order valence-electron chi connectivity index (χ0n) is 21.8.